The van der Waals surface area contributed by atoms with Gasteiger partial charge >= 0.3 is 130 Å². The van der Waals surface area contributed by atoms with Gasteiger partial charge in [-0.15, -0.1) is 0 Å². The second-order valence-electron chi connectivity index (χ2n) is 6.00. The maximum absolute atomic E-state index is 6.03. The van der Waals surface area contributed by atoms with Crippen molar-refractivity contribution in [3.05, 3.63) is 24.5 Å². The first-order chi connectivity index (χ1) is 9.74. The average Bonchev–Trinajstić information content (AvgIpc) is 2.96. The standard InChI is InChI=1S/C6H5O.3C4H9.Sn/c1-2-6-3-4-7-5-6;3*1-3-4-2;/h2-4H,1H2;3*1,3-4H2,2H3;. The van der Waals surface area contributed by atoms with Crippen molar-refractivity contribution < 1.29 is 4.42 Å². The first kappa shape index (κ1) is 17.9. The van der Waals surface area contributed by atoms with Crippen molar-refractivity contribution in [3.8, 4) is 0 Å². The number of hydrogen-bond acceptors (Lipinski definition) is 1. The fourth-order valence-corrected chi connectivity index (χ4v) is 19.3. The molecule has 0 saturated carbocycles. The summed E-state index contributed by atoms with van der Waals surface area (Å²) in [6.07, 6.45) is 11.9. The minimum absolute atomic E-state index is 1.30. The summed E-state index contributed by atoms with van der Waals surface area (Å²) < 4.78 is 11.8. The van der Waals surface area contributed by atoms with Crippen LogP contribution in [0.1, 0.15) is 64.9 Å². The molecule has 0 saturated heterocycles. The van der Waals surface area contributed by atoms with Crippen molar-refractivity contribution in [3.63, 3.8) is 0 Å². The van der Waals surface area contributed by atoms with Crippen LogP contribution in [0.5, 0.6) is 0 Å². The molecule has 1 aromatic heterocycles. The van der Waals surface area contributed by atoms with Gasteiger partial charge in [0.2, 0.25) is 0 Å². The summed E-state index contributed by atoms with van der Waals surface area (Å²) >= 11 is -2.36. The molecule has 0 aromatic carbocycles. The Morgan fingerprint density at radius 3 is 1.90 bits per heavy atom. The fraction of sp³-hybridized carbons (Fsp3) is 0.667. The van der Waals surface area contributed by atoms with E-state index >= 15 is 0 Å². The van der Waals surface area contributed by atoms with Crippen LogP contribution in [0.2, 0.25) is 13.3 Å². The van der Waals surface area contributed by atoms with Gasteiger partial charge in [-0.25, -0.2) is 0 Å². The first-order valence-corrected chi connectivity index (χ1v) is 15.9. The number of hydrogen-bond donors (Lipinski definition) is 0. The third-order valence-electron chi connectivity index (χ3n) is 4.42. The normalized spacial score (nSPS) is 11.8. The molecular weight excluding hydrogens is 351 g/mol. The molecule has 1 heterocycles. The van der Waals surface area contributed by atoms with E-state index in [1.54, 1.807) is 0 Å². The number of unbranched alkanes of at least 4 members (excludes halogenated alkanes) is 3. The summed E-state index contributed by atoms with van der Waals surface area (Å²) in [6, 6.07) is 2.12. The Morgan fingerprint density at radius 1 is 1.00 bits per heavy atom. The van der Waals surface area contributed by atoms with Gasteiger partial charge in [-0.3, -0.25) is 0 Å². The van der Waals surface area contributed by atoms with Crippen LogP contribution in [-0.4, -0.2) is 18.4 Å². The predicted octanol–water partition coefficient (Wildman–Crippen LogP) is 5.98. The van der Waals surface area contributed by atoms with Crippen molar-refractivity contribution in [2.24, 2.45) is 0 Å². The molecule has 1 nitrogen and oxygen atoms in total. The van der Waals surface area contributed by atoms with Crippen LogP contribution < -0.4 is 3.78 Å². The van der Waals surface area contributed by atoms with E-state index in [1.807, 2.05) is 12.3 Å². The van der Waals surface area contributed by atoms with E-state index in [1.165, 1.54) is 61.2 Å². The molecule has 2 heteroatoms. The van der Waals surface area contributed by atoms with Crippen LogP contribution in [0.25, 0.3) is 6.08 Å². The topological polar surface area (TPSA) is 13.1 Å². The Labute approximate surface area is 129 Å². The molecule has 0 fully saturated rings. The second kappa shape index (κ2) is 9.70. The van der Waals surface area contributed by atoms with E-state index in [2.05, 4.69) is 33.4 Å². The molecule has 1 aromatic rings. The molecule has 0 N–H and O–H groups in total. The van der Waals surface area contributed by atoms with Gasteiger partial charge in [-0.05, 0) is 0 Å². The fourth-order valence-electron chi connectivity index (χ4n) is 3.17. The van der Waals surface area contributed by atoms with Gasteiger partial charge in [0, 0.05) is 0 Å². The molecule has 0 unspecified atom stereocenters. The van der Waals surface area contributed by atoms with E-state index in [0.717, 1.165) is 0 Å². The molecule has 20 heavy (non-hydrogen) atoms. The van der Waals surface area contributed by atoms with E-state index in [-0.39, 0.29) is 0 Å². The SMILES string of the molecule is C=Cc1cco[c]1[Sn]([CH2]CCC)([CH2]CCC)[CH2]CCC. The van der Waals surface area contributed by atoms with Gasteiger partial charge in [0.15, 0.2) is 0 Å². The van der Waals surface area contributed by atoms with Crippen molar-refractivity contribution in [1.82, 2.24) is 0 Å². The third kappa shape index (κ3) is 4.68. The summed E-state index contributed by atoms with van der Waals surface area (Å²) in [5.74, 6) is 0. The zero-order chi connectivity index (χ0) is 14.8. The second-order valence-corrected chi connectivity index (χ2v) is 18.9. The molecule has 114 valence electrons. The Bertz CT molecular complexity index is 359. The summed E-state index contributed by atoms with van der Waals surface area (Å²) in [6.45, 7) is 10.9. The number of furan rings is 1. The molecule has 1 rings (SSSR count). The summed E-state index contributed by atoms with van der Waals surface area (Å²) in [5.41, 5.74) is 1.30. The molecule has 0 bridgehead atoms. The quantitative estimate of drug-likeness (QED) is 0.429. The van der Waals surface area contributed by atoms with Crippen molar-refractivity contribution in [1.29, 1.82) is 0 Å². The van der Waals surface area contributed by atoms with Crippen LogP contribution in [0.4, 0.5) is 0 Å². The van der Waals surface area contributed by atoms with Crippen molar-refractivity contribution in [2.75, 3.05) is 0 Å². The third-order valence-corrected chi connectivity index (χ3v) is 19.6. The molecule has 0 spiro atoms. The van der Waals surface area contributed by atoms with Crippen LogP contribution in [-0.2, 0) is 0 Å². The Morgan fingerprint density at radius 2 is 1.50 bits per heavy atom. The van der Waals surface area contributed by atoms with Crippen LogP contribution >= 0.6 is 0 Å². The molecule has 0 radical (unpaired) electrons. The molecule has 0 aliphatic carbocycles. The minimum atomic E-state index is -2.36. The number of rotatable bonds is 11. The van der Waals surface area contributed by atoms with Crippen LogP contribution in [0.3, 0.4) is 0 Å². The van der Waals surface area contributed by atoms with Crippen LogP contribution in [0.15, 0.2) is 23.3 Å². The molecule has 0 aliphatic rings. The van der Waals surface area contributed by atoms with E-state index in [9.17, 15) is 0 Å². The Hall–Kier alpha value is -0.181. The van der Waals surface area contributed by atoms with Gasteiger partial charge in [0.1, 0.15) is 0 Å². The van der Waals surface area contributed by atoms with Gasteiger partial charge < -0.3 is 0 Å². The van der Waals surface area contributed by atoms with Gasteiger partial charge in [0.05, 0.1) is 0 Å². The van der Waals surface area contributed by atoms with E-state index in [4.69, 9.17) is 4.42 Å². The predicted molar refractivity (Wildman–Crippen MR) is 93.3 cm³/mol. The zero-order valence-electron chi connectivity index (χ0n) is 13.7. The van der Waals surface area contributed by atoms with Gasteiger partial charge in [-0.1, -0.05) is 0 Å². The van der Waals surface area contributed by atoms with Gasteiger partial charge in [-0.2, -0.15) is 0 Å². The first-order valence-electron chi connectivity index (χ1n) is 8.44. The Kier molecular flexibility index (Phi) is 8.67. The average molecular weight is 383 g/mol. The molecule has 0 aliphatic heterocycles. The van der Waals surface area contributed by atoms with E-state index in [0.29, 0.717) is 0 Å². The molecule has 0 atom stereocenters. The summed E-state index contributed by atoms with van der Waals surface area (Å²) in [5, 5.41) is 0. The van der Waals surface area contributed by atoms with Crippen LogP contribution in [0, 0.1) is 0 Å². The maximum atomic E-state index is 6.03. The Balaban J connectivity index is 3.07. The summed E-state index contributed by atoms with van der Waals surface area (Å²) in [4.78, 5) is 0. The van der Waals surface area contributed by atoms with Crippen molar-refractivity contribution in [2.45, 2.75) is 72.6 Å². The monoisotopic (exact) mass is 384 g/mol. The van der Waals surface area contributed by atoms with Crippen molar-refractivity contribution >= 4 is 28.2 Å². The molecule has 0 amide bonds. The zero-order valence-corrected chi connectivity index (χ0v) is 16.6. The van der Waals surface area contributed by atoms with E-state index < -0.39 is 18.4 Å². The van der Waals surface area contributed by atoms with Gasteiger partial charge in [0.25, 0.3) is 0 Å². The summed E-state index contributed by atoms with van der Waals surface area (Å²) in [7, 11) is 0. The molecular formula is C18H32OSn.